The van der Waals surface area contributed by atoms with Gasteiger partial charge in [0.05, 0.1) is 18.3 Å². The maximum absolute atomic E-state index is 11.9. The Morgan fingerprint density at radius 2 is 1.80 bits per heavy atom. The van der Waals surface area contributed by atoms with E-state index in [0.29, 0.717) is 17.1 Å². The van der Waals surface area contributed by atoms with E-state index in [4.69, 9.17) is 11.6 Å². The van der Waals surface area contributed by atoms with E-state index in [9.17, 15) is 9.59 Å². The number of fused-ring (bicyclic) bond motifs is 1. The molecule has 2 aromatic rings. The van der Waals surface area contributed by atoms with E-state index in [0.717, 1.165) is 35.7 Å². The van der Waals surface area contributed by atoms with E-state index in [2.05, 4.69) is 27.8 Å². The molecular formula is C23H31ClN4O2. The first-order chi connectivity index (χ1) is 14.5. The topological polar surface area (TPSA) is 83.5 Å². The predicted molar refractivity (Wildman–Crippen MR) is 123 cm³/mol. The Kier molecular flexibility index (Phi) is 10.3. The molecule has 1 aromatic heterocycles. The number of hydrazone groups is 1. The summed E-state index contributed by atoms with van der Waals surface area (Å²) in [6, 6.07) is 7.78. The highest BCUT2D eigenvalue weighted by Crippen LogP contribution is 2.20. The van der Waals surface area contributed by atoms with Crippen molar-refractivity contribution in [1.29, 1.82) is 0 Å². The molecule has 0 unspecified atom stereocenters. The normalized spacial score (nSPS) is 11.2. The number of carbonyl (C=O) groups is 2. The average molecular weight is 431 g/mol. The van der Waals surface area contributed by atoms with Crippen LogP contribution in [-0.2, 0) is 9.59 Å². The van der Waals surface area contributed by atoms with Gasteiger partial charge in [-0.2, -0.15) is 5.10 Å². The third-order valence-electron chi connectivity index (χ3n) is 4.80. The number of halogens is 1. The van der Waals surface area contributed by atoms with Crippen LogP contribution >= 0.6 is 11.6 Å². The van der Waals surface area contributed by atoms with Gasteiger partial charge in [0.1, 0.15) is 5.15 Å². The summed E-state index contributed by atoms with van der Waals surface area (Å²) < 4.78 is 0. The number of hydrogen-bond donors (Lipinski definition) is 2. The molecule has 0 radical (unpaired) electrons. The fourth-order valence-electron chi connectivity index (χ4n) is 3.08. The zero-order valence-corrected chi connectivity index (χ0v) is 18.6. The molecule has 1 heterocycles. The van der Waals surface area contributed by atoms with Gasteiger partial charge in [-0.1, -0.05) is 69.2 Å². The van der Waals surface area contributed by atoms with Gasteiger partial charge in [0.15, 0.2) is 0 Å². The molecule has 0 spiro atoms. The molecule has 0 saturated heterocycles. The van der Waals surface area contributed by atoms with Crippen LogP contribution in [0.5, 0.6) is 0 Å². The SMILES string of the molecule is CCCCCCCCCC(=O)NCC(=O)N/N=C\c1cc2ccc(C)cc2nc1Cl. The van der Waals surface area contributed by atoms with Crippen molar-refractivity contribution in [1.82, 2.24) is 15.7 Å². The van der Waals surface area contributed by atoms with Crippen molar-refractivity contribution in [3.63, 3.8) is 0 Å². The summed E-state index contributed by atoms with van der Waals surface area (Å²) in [7, 11) is 0. The van der Waals surface area contributed by atoms with Crippen molar-refractivity contribution in [3.05, 3.63) is 40.5 Å². The molecule has 1 aromatic carbocycles. The number of aromatic nitrogens is 1. The number of hydrogen-bond acceptors (Lipinski definition) is 4. The molecule has 162 valence electrons. The van der Waals surface area contributed by atoms with Gasteiger partial charge in [-0.3, -0.25) is 9.59 Å². The highest BCUT2D eigenvalue weighted by atomic mass is 35.5. The Morgan fingerprint density at radius 1 is 1.07 bits per heavy atom. The highest BCUT2D eigenvalue weighted by Gasteiger charge is 2.06. The fraction of sp³-hybridized carbons (Fsp3) is 0.478. The zero-order chi connectivity index (χ0) is 21.8. The van der Waals surface area contributed by atoms with Gasteiger partial charge in [-0.15, -0.1) is 0 Å². The van der Waals surface area contributed by atoms with E-state index in [1.165, 1.54) is 31.9 Å². The molecule has 2 N–H and O–H groups in total. The van der Waals surface area contributed by atoms with Gasteiger partial charge in [-0.25, -0.2) is 10.4 Å². The third-order valence-corrected chi connectivity index (χ3v) is 5.10. The fourth-order valence-corrected chi connectivity index (χ4v) is 3.28. The first-order valence-corrected chi connectivity index (χ1v) is 11.0. The zero-order valence-electron chi connectivity index (χ0n) is 17.8. The first kappa shape index (κ1) is 23.8. The van der Waals surface area contributed by atoms with Crippen molar-refractivity contribution in [2.45, 2.75) is 65.2 Å². The van der Waals surface area contributed by atoms with Crippen molar-refractivity contribution >= 4 is 40.5 Å². The summed E-state index contributed by atoms with van der Waals surface area (Å²) in [5.41, 5.74) is 4.92. The van der Waals surface area contributed by atoms with Gasteiger partial charge in [0, 0.05) is 17.4 Å². The lowest BCUT2D eigenvalue weighted by Crippen LogP contribution is -2.34. The van der Waals surface area contributed by atoms with Crippen molar-refractivity contribution < 1.29 is 9.59 Å². The standard InChI is InChI=1S/C23H31ClN4O2/c1-3-4-5-6-7-8-9-10-21(29)25-16-22(30)28-26-15-19-14-18-12-11-17(2)13-20(18)27-23(19)24/h11-15H,3-10,16H2,1-2H3,(H,25,29)(H,28,30)/b26-15-. The second kappa shape index (κ2) is 13.0. The smallest absolute Gasteiger partial charge is 0.259 e. The van der Waals surface area contributed by atoms with Crippen LogP contribution in [0, 0.1) is 6.92 Å². The Labute approximate surface area is 183 Å². The van der Waals surface area contributed by atoms with Crippen molar-refractivity contribution in [3.8, 4) is 0 Å². The minimum absolute atomic E-state index is 0.102. The summed E-state index contributed by atoms with van der Waals surface area (Å²) in [5, 5.41) is 7.79. The lowest BCUT2D eigenvalue weighted by Gasteiger charge is -2.05. The van der Waals surface area contributed by atoms with Crippen LogP contribution < -0.4 is 10.7 Å². The van der Waals surface area contributed by atoms with Gasteiger partial charge in [0.25, 0.3) is 5.91 Å². The number of pyridine rings is 1. The second-order valence-corrected chi connectivity index (χ2v) is 7.86. The van der Waals surface area contributed by atoms with Crippen LogP contribution in [0.1, 0.15) is 69.4 Å². The summed E-state index contributed by atoms with van der Waals surface area (Å²) in [6.07, 6.45) is 9.97. The molecule has 7 heteroatoms. The lowest BCUT2D eigenvalue weighted by molar-refractivity contribution is -0.126. The summed E-state index contributed by atoms with van der Waals surface area (Å²) in [4.78, 5) is 28.0. The monoisotopic (exact) mass is 430 g/mol. The minimum Gasteiger partial charge on any atom is -0.347 e. The van der Waals surface area contributed by atoms with Crippen LogP contribution in [0.3, 0.4) is 0 Å². The van der Waals surface area contributed by atoms with Gasteiger partial charge in [0.2, 0.25) is 5.91 Å². The number of amides is 2. The van der Waals surface area contributed by atoms with E-state index in [1.807, 2.05) is 31.2 Å². The van der Waals surface area contributed by atoms with E-state index in [-0.39, 0.29) is 18.4 Å². The van der Waals surface area contributed by atoms with Gasteiger partial charge >= 0.3 is 0 Å². The number of benzene rings is 1. The van der Waals surface area contributed by atoms with Crippen LogP contribution in [0.25, 0.3) is 10.9 Å². The maximum atomic E-state index is 11.9. The van der Waals surface area contributed by atoms with Crippen LogP contribution in [0.2, 0.25) is 5.15 Å². The first-order valence-electron chi connectivity index (χ1n) is 10.6. The molecule has 0 aliphatic rings. The molecule has 0 aliphatic heterocycles. The number of carbonyl (C=O) groups excluding carboxylic acids is 2. The van der Waals surface area contributed by atoms with Crippen LogP contribution in [0.15, 0.2) is 29.4 Å². The average Bonchev–Trinajstić information content (AvgIpc) is 2.72. The largest absolute Gasteiger partial charge is 0.347 e. The molecule has 0 fully saturated rings. The van der Waals surface area contributed by atoms with E-state index in [1.54, 1.807) is 0 Å². The molecule has 0 saturated carbocycles. The molecular weight excluding hydrogens is 400 g/mol. The molecule has 0 aliphatic carbocycles. The number of nitrogens with one attached hydrogen (secondary N) is 2. The second-order valence-electron chi connectivity index (χ2n) is 7.51. The summed E-state index contributed by atoms with van der Waals surface area (Å²) in [5.74, 6) is -0.501. The number of rotatable bonds is 12. The number of unbranched alkanes of at least 4 members (excludes halogenated alkanes) is 6. The predicted octanol–water partition coefficient (Wildman–Crippen LogP) is 4.90. The molecule has 30 heavy (non-hydrogen) atoms. The quantitative estimate of drug-likeness (QED) is 0.217. The maximum Gasteiger partial charge on any atom is 0.259 e. The van der Waals surface area contributed by atoms with Crippen molar-refractivity contribution in [2.75, 3.05) is 6.54 Å². The Hall–Kier alpha value is -2.47. The molecule has 0 bridgehead atoms. The Balaban J connectivity index is 1.68. The number of aryl methyl sites for hydroxylation is 1. The minimum atomic E-state index is -0.389. The van der Waals surface area contributed by atoms with Gasteiger partial charge < -0.3 is 5.32 Å². The Morgan fingerprint density at radius 3 is 2.57 bits per heavy atom. The number of nitrogens with zero attached hydrogens (tertiary/aromatic N) is 2. The van der Waals surface area contributed by atoms with E-state index >= 15 is 0 Å². The molecule has 2 amide bonds. The van der Waals surface area contributed by atoms with Crippen molar-refractivity contribution in [2.24, 2.45) is 5.10 Å². The van der Waals surface area contributed by atoms with E-state index < -0.39 is 0 Å². The van der Waals surface area contributed by atoms with Crippen LogP contribution in [-0.4, -0.2) is 29.6 Å². The lowest BCUT2D eigenvalue weighted by atomic mass is 10.1. The summed E-state index contributed by atoms with van der Waals surface area (Å²) >= 11 is 6.20. The molecule has 2 rings (SSSR count). The third kappa shape index (κ3) is 8.49. The van der Waals surface area contributed by atoms with Crippen LogP contribution in [0.4, 0.5) is 0 Å². The Bertz CT molecular complexity index is 883. The van der Waals surface area contributed by atoms with Gasteiger partial charge in [-0.05, 0) is 31.0 Å². The molecule has 6 nitrogen and oxygen atoms in total. The highest BCUT2D eigenvalue weighted by molar-refractivity contribution is 6.32. The summed E-state index contributed by atoms with van der Waals surface area (Å²) in [6.45, 7) is 4.09. The molecule has 0 atom stereocenters.